The molecule has 3 aromatic carbocycles. The Hall–Kier alpha value is -2.75. The molecule has 168 valence electrons. The predicted octanol–water partition coefficient (Wildman–Crippen LogP) is 6.28. The summed E-state index contributed by atoms with van der Waals surface area (Å²) in [5, 5.41) is 3.75. The van der Waals surface area contributed by atoms with Crippen LogP contribution in [-0.2, 0) is 11.4 Å². The Labute approximate surface area is 214 Å². The number of methoxy groups -OCH3 is 1. The van der Waals surface area contributed by atoms with Gasteiger partial charge in [0.25, 0.3) is 5.91 Å². The van der Waals surface area contributed by atoms with E-state index in [9.17, 15) is 9.59 Å². The Balaban J connectivity index is 1.58. The molecule has 9 heteroatoms. The monoisotopic (exact) mass is 594 g/mol. The standard InChI is InChI=1S/C24H17Cl2IN2O4/c1-32-21-12-14(10-19(27)22(21)33-13-15-4-2-3-5-18(15)26)11-20-23(30)29(24(31)28-20)17-8-6-16(25)7-9-17/h2-12H,13H2,1H3,(H,28,31)/b20-11+. The van der Waals surface area contributed by atoms with Gasteiger partial charge >= 0.3 is 6.03 Å². The number of benzene rings is 3. The number of imide groups is 1. The van der Waals surface area contributed by atoms with E-state index < -0.39 is 11.9 Å². The Morgan fingerprint density at radius 2 is 1.79 bits per heavy atom. The summed E-state index contributed by atoms with van der Waals surface area (Å²) in [5.74, 6) is 0.590. The topological polar surface area (TPSA) is 67.9 Å². The normalized spacial score (nSPS) is 14.5. The Morgan fingerprint density at radius 3 is 2.48 bits per heavy atom. The minimum absolute atomic E-state index is 0.150. The predicted molar refractivity (Wildman–Crippen MR) is 137 cm³/mol. The maximum absolute atomic E-state index is 12.9. The van der Waals surface area contributed by atoms with E-state index in [0.29, 0.717) is 32.8 Å². The zero-order chi connectivity index (χ0) is 23.5. The quantitative estimate of drug-likeness (QED) is 0.207. The molecule has 3 amide bonds. The number of ether oxygens (including phenoxy) is 2. The van der Waals surface area contributed by atoms with Gasteiger partial charge in [-0.3, -0.25) is 4.79 Å². The number of amides is 3. The van der Waals surface area contributed by atoms with E-state index in [1.54, 1.807) is 42.5 Å². The second kappa shape index (κ2) is 10.0. The van der Waals surface area contributed by atoms with E-state index in [1.807, 2.05) is 24.3 Å². The molecule has 0 aliphatic carbocycles. The van der Waals surface area contributed by atoms with Gasteiger partial charge < -0.3 is 14.8 Å². The smallest absolute Gasteiger partial charge is 0.333 e. The first-order valence-corrected chi connectivity index (χ1v) is 11.6. The molecule has 3 aromatic rings. The summed E-state index contributed by atoms with van der Waals surface area (Å²) in [5.41, 5.74) is 2.10. The fourth-order valence-electron chi connectivity index (χ4n) is 3.25. The van der Waals surface area contributed by atoms with Gasteiger partial charge in [-0.2, -0.15) is 0 Å². The van der Waals surface area contributed by atoms with Crippen molar-refractivity contribution in [3.05, 3.63) is 91.1 Å². The third-order valence-electron chi connectivity index (χ3n) is 4.86. The summed E-state index contributed by atoms with van der Waals surface area (Å²) in [6.45, 7) is 0.275. The minimum atomic E-state index is -0.532. The Morgan fingerprint density at radius 1 is 1.06 bits per heavy atom. The number of carbonyl (C=O) groups excluding carboxylic acids is 2. The summed E-state index contributed by atoms with van der Waals surface area (Å²) in [7, 11) is 1.54. The van der Waals surface area contributed by atoms with Crippen LogP contribution in [0, 0.1) is 3.57 Å². The Bertz CT molecular complexity index is 1260. The van der Waals surface area contributed by atoms with Crippen LogP contribution in [0.3, 0.4) is 0 Å². The molecule has 0 unspecified atom stereocenters. The molecule has 0 spiro atoms. The number of rotatable bonds is 6. The zero-order valence-corrected chi connectivity index (χ0v) is 20.9. The van der Waals surface area contributed by atoms with Crippen LogP contribution >= 0.6 is 45.8 Å². The molecule has 1 aliphatic heterocycles. The first kappa shape index (κ1) is 23.4. The van der Waals surface area contributed by atoms with Crippen molar-refractivity contribution in [2.24, 2.45) is 0 Å². The highest BCUT2D eigenvalue weighted by Gasteiger charge is 2.34. The molecular weight excluding hydrogens is 578 g/mol. The number of halogens is 3. The van der Waals surface area contributed by atoms with Crippen LogP contribution in [-0.4, -0.2) is 19.0 Å². The molecule has 1 N–H and O–H groups in total. The van der Waals surface area contributed by atoms with Crippen LogP contribution < -0.4 is 19.7 Å². The van der Waals surface area contributed by atoms with Crippen LogP contribution in [0.1, 0.15) is 11.1 Å². The lowest BCUT2D eigenvalue weighted by atomic mass is 10.1. The fraction of sp³-hybridized carbons (Fsp3) is 0.0833. The highest BCUT2D eigenvalue weighted by molar-refractivity contribution is 14.1. The number of anilines is 1. The molecule has 1 aliphatic rings. The van der Waals surface area contributed by atoms with E-state index in [-0.39, 0.29) is 12.3 Å². The van der Waals surface area contributed by atoms with Gasteiger partial charge in [0.05, 0.1) is 16.4 Å². The number of hydrogen-bond acceptors (Lipinski definition) is 4. The third kappa shape index (κ3) is 5.10. The van der Waals surface area contributed by atoms with Gasteiger partial charge in [-0.05, 0) is 76.7 Å². The summed E-state index contributed by atoms with van der Waals surface area (Å²) in [6.07, 6.45) is 1.60. The largest absolute Gasteiger partial charge is 0.493 e. The van der Waals surface area contributed by atoms with Crippen LogP contribution in [0.4, 0.5) is 10.5 Å². The average molecular weight is 595 g/mol. The highest BCUT2D eigenvalue weighted by atomic mass is 127. The highest BCUT2D eigenvalue weighted by Crippen LogP contribution is 2.36. The van der Waals surface area contributed by atoms with Crippen molar-refractivity contribution in [2.75, 3.05) is 12.0 Å². The molecule has 0 radical (unpaired) electrons. The van der Waals surface area contributed by atoms with Crippen molar-refractivity contribution in [3.8, 4) is 11.5 Å². The first-order chi connectivity index (χ1) is 15.9. The van der Waals surface area contributed by atoms with Gasteiger partial charge in [-0.1, -0.05) is 41.4 Å². The number of carbonyl (C=O) groups is 2. The average Bonchev–Trinajstić information content (AvgIpc) is 3.07. The van der Waals surface area contributed by atoms with Crippen molar-refractivity contribution < 1.29 is 19.1 Å². The van der Waals surface area contributed by atoms with Gasteiger partial charge in [0.15, 0.2) is 11.5 Å². The summed E-state index contributed by atoms with van der Waals surface area (Å²) in [6, 6.07) is 16.9. The lowest BCUT2D eigenvalue weighted by molar-refractivity contribution is -0.113. The van der Waals surface area contributed by atoms with Gasteiger partial charge in [-0.25, -0.2) is 9.69 Å². The van der Waals surface area contributed by atoms with Crippen molar-refractivity contribution in [1.82, 2.24) is 5.32 Å². The Kier molecular flexibility index (Phi) is 7.11. The molecule has 0 saturated carbocycles. The first-order valence-electron chi connectivity index (χ1n) is 9.74. The summed E-state index contributed by atoms with van der Waals surface area (Å²) in [4.78, 5) is 26.4. The molecule has 33 heavy (non-hydrogen) atoms. The van der Waals surface area contributed by atoms with E-state index in [1.165, 1.54) is 7.11 Å². The number of nitrogens with zero attached hydrogens (tertiary/aromatic N) is 1. The maximum atomic E-state index is 12.9. The van der Waals surface area contributed by atoms with E-state index in [4.69, 9.17) is 32.7 Å². The molecule has 0 aromatic heterocycles. The molecule has 6 nitrogen and oxygen atoms in total. The van der Waals surface area contributed by atoms with E-state index >= 15 is 0 Å². The van der Waals surface area contributed by atoms with Gasteiger partial charge in [-0.15, -0.1) is 0 Å². The second-order valence-corrected chi connectivity index (χ2v) is 9.03. The lowest BCUT2D eigenvalue weighted by Crippen LogP contribution is -2.30. The molecule has 1 fully saturated rings. The number of nitrogens with one attached hydrogen (secondary N) is 1. The number of hydrogen-bond donors (Lipinski definition) is 1. The molecule has 1 saturated heterocycles. The summed E-state index contributed by atoms with van der Waals surface area (Å²) >= 11 is 14.3. The minimum Gasteiger partial charge on any atom is -0.493 e. The van der Waals surface area contributed by atoms with Crippen molar-refractivity contribution in [1.29, 1.82) is 0 Å². The van der Waals surface area contributed by atoms with Gasteiger partial charge in [0.2, 0.25) is 0 Å². The number of urea groups is 1. The summed E-state index contributed by atoms with van der Waals surface area (Å²) < 4.78 is 12.3. The SMILES string of the molecule is COc1cc(/C=C2/NC(=O)N(c3ccc(Cl)cc3)C2=O)cc(I)c1OCc1ccccc1Cl. The molecule has 0 atom stereocenters. The lowest BCUT2D eigenvalue weighted by Gasteiger charge is -2.14. The van der Waals surface area contributed by atoms with Crippen LogP contribution in [0.5, 0.6) is 11.5 Å². The molecule has 1 heterocycles. The van der Waals surface area contributed by atoms with Crippen LogP contribution in [0.2, 0.25) is 10.0 Å². The molecular formula is C24H17Cl2IN2O4. The van der Waals surface area contributed by atoms with E-state index in [0.717, 1.165) is 14.0 Å². The van der Waals surface area contributed by atoms with Crippen LogP contribution in [0.25, 0.3) is 6.08 Å². The maximum Gasteiger partial charge on any atom is 0.333 e. The van der Waals surface area contributed by atoms with Crippen molar-refractivity contribution >= 4 is 69.5 Å². The fourth-order valence-corrected chi connectivity index (χ4v) is 4.35. The van der Waals surface area contributed by atoms with Crippen molar-refractivity contribution in [3.63, 3.8) is 0 Å². The molecule has 4 rings (SSSR count). The van der Waals surface area contributed by atoms with Gasteiger partial charge in [0.1, 0.15) is 12.3 Å². The van der Waals surface area contributed by atoms with Crippen LogP contribution in [0.15, 0.2) is 66.4 Å². The van der Waals surface area contributed by atoms with Gasteiger partial charge in [0, 0.05) is 15.6 Å². The second-order valence-electron chi connectivity index (χ2n) is 7.02. The van der Waals surface area contributed by atoms with Crippen molar-refractivity contribution in [2.45, 2.75) is 6.61 Å². The molecule has 0 bridgehead atoms. The zero-order valence-electron chi connectivity index (χ0n) is 17.3. The van der Waals surface area contributed by atoms with E-state index in [2.05, 4.69) is 27.9 Å². The third-order valence-corrected chi connectivity index (χ3v) is 6.28.